The van der Waals surface area contributed by atoms with Gasteiger partial charge in [-0.2, -0.15) is 11.8 Å². The van der Waals surface area contributed by atoms with Gasteiger partial charge in [0.2, 0.25) is 11.8 Å². The molecule has 0 rings (SSSR count). The van der Waals surface area contributed by atoms with Crippen molar-refractivity contribution in [2.45, 2.75) is 57.7 Å². The minimum atomic E-state index is -1.09. The maximum atomic E-state index is 12.4. The number of aliphatic carboxylic acids is 1. The molecule has 0 radical (unpaired) electrons. The third kappa shape index (κ3) is 9.66. The first-order valence-electron chi connectivity index (χ1n) is 8.52. The zero-order valence-electron chi connectivity index (χ0n) is 15.3. The van der Waals surface area contributed by atoms with E-state index in [0.717, 1.165) is 12.8 Å². The SMILES string of the molecule is CSCCC(NC(=O)C(NC(=O)C(N)CCCCN)C(C)C)C(=O)O. The van der Waals surface area contributed by atoms with Crippen LogP contribution in [0.2, 0.25) is 0 Å². The Bertz CT molecular complexity index is 434. The summed E-state index contributed by atoms with van der Waals surface area (Å²) in [5.41, 5.74) is 11.3. The average molecular weight is 377 g/mol. The minimum Gasteiger partial charge on any atom is -0.480 e. The predicted octanol–water partition coefficient (Wildman–Crippen LogP) is -0.0940. The van der Waals surface area contributed by atoms with Crippen molar-refractivity contribution >= 4 is 29.5 Å². The normalized spacial score (nSPS) is 14.6. The highest BCUT2D eigenvalue weighted by molar-refractivity contribution is 7.98. The molecule has 3 unspecified atom stereocenters. The van der Waals surface area contributed by atoms with Crippen molar-refractivity contribution in [1.82, 2.24) is 10.6 Å². The molecule has 0 saturated heterocycles. The van der Waals surface area contributed by atoms with Crippen LogP contribution in [0.1, 0.15) is 39.5 Å². The van der Waals surface area contributed by atoms with Crippen molar-refractivity contribution in [3.63, 3.8) is 0 Å². The van der Waals surface area contributed by atoms with Gasteiger partial charge in [-0.25, -0.2) is 4.79 Å². The fourth-order valence-electron chi connectivity index (χ4n) is 2.19. The first-order valence-corrected chi connectivity index (χ1v) is 9.92. The van der Waals surface area contributed by atoms with Crippen LogP contribution in [0, 0.1) is 5.92 Å². The van der Waals surface area contributed by atoms with Gasteiger partial charge in [0, 0.05) is 0 Å². The summed E-state index contributed by atoms with van der Waals surface area (Å²) >= 11 is 1.50. The lowest BCUT2D eigenvalue weighted by Crippen LogP contribution is -2.56. The van der Waals surface area contributed by atoms with Gasteiger partial charge in [0.1, 0.15) is 12.1 Å². The number of nitrogens with one attached hydrogen (secondary N) is 2. The van der Waals surface area contributed by atoms with E-state index >= 15 is 0 Å². The molecule has 2 amide bonds. The molecule has 0 aromatic heterocycles. The number of nitrogens with two attached hydrogens (primary N) is 2. The van der Waals surface area contributed by atoms with Crippen LogP contribution < -0.4 is 22.1 Å². The average Bonchev–Trinajstić information content (AvgIpc) is 2.55. The molecule has 8 nitrogen and oxygen atoms in total. The molecular formula is C16H32N4O4S. The van der Waals surface area contributed by atoms with E-state index in [9.17, 15) is 19.5 Å². The Morgan fingerprint density at radius 1 is 1.08 bits per heavy atom. The summed E-state index contributed by atoms with van der Waals surface area (Å²) in [4.78, 5) is 35.9. The molecule has 7 N–H and O–H groups in total. The lowest BCUT2D eigenvalue weighted by Gasteiger charge is -2.25. The highest BCUT2D eigenvalue weighted by Crippen LogP contribution is 2.07. The second-order valence-corrected chi connectivity index (χ2v) is 7.29. The number of carboxylic acids is 1. The number of hydrogen-bond acceptors (Lipinski definition) is 6. The molecule has 0 aromatic carbocycles. The number of rotatable bonds is 13. The fraction of sp³-hybridized carbons (Fsp3) is 0.812. The molecule has 0 aliphatic rings. The smallest absolute Gasteiger partial charge is 0.326 e. The van der Waals surface area contributed by atoms with Crippen LogP contribution in [-0.4, -0.2) is 59.6 Å². The zero-order valence-corrected chi connectivity index (χ0v) is 16.1. The molecule has 0 aliphatic carbocycles. The van der Waals surface area contributed by atoms with Gasteiger partial charge < -0.3 is 27.2 Å². The minimum absolute atomic E-state index is 0.199. The summed E-state index contributed by atoms with van der Waals surface area (Å²) < 4.78 is 0. The third-order valence-corrected chi connectivity index (χ3v) is 4.42. The summed E-state index contributed by atoms with van der Waals surface area (Å²) in [6.07, 6.45) is 4.19. The van der Waals surface area contributed by atoms with Crippen LogP contribution >= 0.6 is 11.8 Å². The number of amides is 2. The molecular weight excluding hydrogens is 344 g/mol. The van der Waals surface area contributed by atoms with E-state index in [4.69, 9.17) is 11.5 Å². The second-order valence-electron chi connectivity index (χ2n) is 6.30. The van der Waals surface area contributed by atoms with Crippen LogP contribution in [0.5, 0.6) is 0 Å². The summed E-state index contributed by atoms with van der Waals surface area (Å²) in [6.45, 7) is 4.10. The highest BCUT2D eigenvalue weighted by atomic mass is 32.2. The Morgan fingerprint density at radius 2 is 1.72 bits per heavy atom. The number of carbonyl (C=O) groups excluding carboxylic acids is 2. The lowest BCUT2D eigenvalue weighted by molar-refractivity contribution is -0.142. The standard InChI is InChI=1S/C16H32N4O4S/c1-10(2)13(20-14(21)11(18)6-4-5-8-17)15(22)19-12(16(23)24)7-9-25-3/h10-13H,4-9,17-18H2,1-3H3,(H,19,22)(H,20,21)(H,23,24). The topological polar surface area (TPSA) is 148 Å². The van der Waals surface area contributed by atoms with Crippen molar-refractivity contribution in [3.05, 3.63) is 0 Å². The maximum absolute atomic E-state index is 12.4. The zero-order chi connectivity index (χ0) is 19.4. The van der Waals surface area contributed by atoms with Crippen molar-refractivity contribution in [3.8, 4) is 0 Å². The summed E-state index contributed by atoms with van der Waals surface area (Å²) in [5, 5.41) is 14.4. The predicted molar refractivity (Wildman–Crippen MR) is 100 cm³/mol. The molecule has 0 aliphatic heterocycles. The van der Waals surface area contributed by atoms with Gasteiger partial charge >= 0.3 is 5.97 Å². The molecule has 25 heavy (non-hydrogen) atoms. The Labute approximate surface area is 153 Å². The fourth-order valence-corrected chi connectivity index (χ4v) is 2.66. The van der Waals surface area contributed by atoms with Crippen LogP contribution in [0.4, 0.5) is 0 Å². The number of hydrogen-bond donors (Lipinski definition) is 5. The van der Waals surface area contributed by atoms with E-state index in [2.05, 4.69) is 10.6 Å². The first kappa shape index (κ1) is 23.7. The monoisotopic (exact) mass is 376 g/mol. The van der Waals surface area contributed by atoms with Crippen molar-refractivity contribution in [2.24, 2.45) is 17.4 Å². The molecule has 0 saturated carbocycles. The largest absolute Gasteiger partial charge is 0.480 e. The van der Waals surface area contributed by atoms with Crippen LogP contribution in [0.25, 0.3) is 0 Å². The van der Waals surface area contributed by atoms with E-state index in [0.29, 0.717) is 25.1 Å². The number of unbranched alkanes of at least 4 members (excludes halogenated alkanes) is 1. The van der Waals surface area contributed by atoms with Crippen LogP contribution in [0.15, 0.2) is 0 Å². The number of thioether (sulfide) groups is 1. The molecule has 9 heteroatoms. The highest BCUT2D eigenvalue weighted by Gasteiger charge is 2.29. The van der Waals surface area contributed by atoms with E-state index in [1.165, 1.54) is 11.8 Å². The van der Waals surface area contributed by atoms with Gasteiger partial charge in [0.25, 0.3) is 0 Å². The van der Waals surface area contributed by atoms with E-state index in [1.54, 1.807) is 13.8 Å². The van der Waals surface area contributed by atoms with Gasteiger partial charge in [-0.05, 0) is 43.7 Å². The number of carbonyl (C=O) groups is 3. The Balaban J connectivity index is 4.77. The summed E-state index contributed by atoms with van der Waals surface area (Å²) in [7, 11) is 0. The van der Waals surface area contributed by atoms with Gasteiger partial charge in [0.05, 0.1) is 6.04 Å². The molecule has 0 aromatic rings. The van der Waals surface area contributed by atoms with Gasteiger partial charge in [-0.15, -0.1) is 0 Å². The van der Waals surface area contributed by atoms with Crippen molar-refractivity contribution < 1.29 is 19.5 Å². The summed E-state index contributed by atoms with van der Waals surface area (Å²) in [5.74, 6) is -1.60. The number of carboxylic acid groups (broad SMARTS) is 1. The van der Waals surface area contributed by atoms with E-state index in [-0.39, 0.29) is 5.92 Å². The van der Waals surface area contributed by atoms with Crippen LogP contribution in [0.3, 0.4) is 0 Å². The van der Waals surface area contributed by atoms with Crippen molar-refractivity contribution in [1.29, 1.82) is 0 Å². The molecule has 0 bridgehead atoms. The lowest BCUT2D eigenvalue weighted by atomic mass is 10.0. The summed E-state index contributed by atoms with van der Waals surface area (Å²) in [6, 6.07) is -2.52. The molecule has 0 heterocycles. The van der Waals surface area contributed by atoms with E-state index < -0.39 is 35.9 Å². The van der Waals surface area contributed by atoms with Crippen molar-refractivity contribution in [2.75, 3.05) is 18.6 Å². The van der Waals surface area contributed by atoms with Gasteiger partial charge in [-0.3, -0.25) is 9.59 Å². The van der Waals surface area contributed by atoms with Crippen LogP contribution in [-0.2, 0) is 14.4 Å². The Hall–Kier alpha value is -1.32. The Morgan fingerprint density at radius 3 is 2.20 bits per heavy atom. The molecule has 0 fully saturated rings. The third-order valence-electron chi connectivity index (χ3n) is 3.78. The molecule has 146 valence electrons. The first-order chi connectivity index (χ1) is 11.7. The molecule has 3 atom stereocenters. The van der Waals surface area contributed by atoms with E-state index in [1.807, 2.05) is 6.26 Å². The quantitative estimate of drug-likeness (QED) is 0.282. The molecule has 0 spiro atoms. The Kier molecular flexibility index (Phi) is 12.3. The van der Waals surface area contributed by atoms with Gasteiger partial charge in [-0.1, -0.05) is 20.3 Å². The van der Waals surface area contributed by atoms with Gasteiger partial charge in [0.15, 0.2) is 0 Å². The maximum Gasteiger partial charge on any atom is 0.326 e. The second kappa shape index (κ2) is 13.0.